The highest BCUT2D eigenvalue weighted by Gasteiger charge is 2.21. The van der Waals surface area contributed by atoms with Gasteiger partial charge in [0.05, 0.1) is 23.3 Å². The first-order valence-electron chi connectivity index (χ1n) is 22.6. The van der Waals surface area contributed by atoms with Gasteiger partial charge in [0.25, 0.3) is 0 Å². The molecule has 3 aromatic heterocycles. The van der Waals surface area contributed by atoms with Crippen LogP contribution in [0.1, 0.15) is 89.7 Å². The van der Waals surface area contributed by atoms with Crippen molar-refractivity contribution in [3.8, 4) is 22.5 Å². The lowest BCUT2D eigenvalue weighted by atomic mass is 9.84. The summed E-state index contributed by atoms with van der Waals surface area (Å²) in [6.07, 6.45) is 35.0. The van der Waals surface area contributed by atoms with E-state index < -0.39 is 0 Å². The number of nitrogens with zero attached hydrogens (tertiary/aromatic N) is 5. The maximum Gasteiger partial charge on any atom is 0.148 e. The van der Waals surface area contributed by atoms with Gasteiger partial charge >= 0.3 is 0 Å². The second-order valence-electron chi connectivity index (χ2n) is 16.0. The van der Waals surface area contributed by atoms with Crippen LogP contribution in [0.4, 0.5) is 0 Å². The van der Waals surface area contributed by atoms with E-state index in [4.69, 9.17) is 15.0 Å². The third kappa shape index (κ3) is 9.20. The number of fused-ring (bicyclic) bond motifs is 2. The van der Waals surface area contributed by atoms with E-state index in [0.717, 1.165) is 95.5 Å². The first-order chi connectivity index (χ1) is 32.2. The standard InChI is InChI=1S/C61H59N5/c1-11-18-20-30-43(9)58-44(10)65(61(64-58)52-35-23-22-29-42(52)8)41-45-31-26-33-47(39-45)57-50(16-6)49(15-5)53(54-36-24-25-37-55(54)57)38-27-32-46(14-4)59-63-56(28-13-3)51(17-7)60-62-40-48(66(59)60)34-21-19-12-2/h11-37,39-40H,5-7,9,38,41H2,1-4,8,10H3/b18-11-,19-12-,28-13-,30-20-,32-27-,34-21-,46-14+. The molecule has 0 aliphatic carbocycles. The molecule has 0 fully saturated rings. The summed E-state index contributed by atoms with van der Waals surface area (Å²) in [6.45, 7) is 30.3. The van der Waals surface area contributed by atoms with Crippen molar-refractivity contribution in [3.05, 3.63) is 234 Å². The number of benzene rings is 4. The molecule has 0 spiro atoms. The average molecular weight is 862 g/mol. The first kappa shape index (κ1) is 46.1. The molecular formula is C61H59N5. The van der Waals surface area contributed by atoms with Gasteiger partial charge in [0.15, 0.2) is 0 Å². The molecule has 7 aromatic rings. The van der Waals surface area contributed by atoms with E-state index in [0.29, 0.717) is 13.0 Å². The Morgan fingerprint density at radius 2 is 1.44 bits per heavy atom. The number of aromatic nitrogens is 5. The van der Waals surface area contributed by atoms with Crippen LogP contribution in [-0.4, -0.2) is 23.9 Å². The first-order valence-corrected chi connectivity index (χ1v) is 22.6. The minimum absolute atomic E-state index is 0.633. The molecule has 0 N–H and O–H groups in total. The molecule has 0 amide bonds. The van der Waals surface area contributed by atoms with Crippen molar-refractivity contribution in [2.24, 2.45) is 0 Å². The van der Waals surface area contributed by atoms with Crippen LogP contribution in [0.5, 0.6) is 0 Å². The van der Waals surface area contributed by atoms with Crippen molar-refractivity contribution < 1.29 is 0 Å². The molecule has 0 aliphatic heterocycles. The molecule has 5 heteroatoms. The Morgan fingerprint density at radius 1 is 0.712 bits per heavy atom. The number of rotatable bonds is 17. The van der Waals surface area contributed by atoms with Gasteiger partial charge in [-0.1, -0.05) is 178 Å². The van der Waals surface area contributed by atoms with Crippen LogP contribution in [0.25, 0.3) is 80.5 Å². The quantitative estimate of drug-likeness (QED) is 0.0857. The van der Waals surface area contributed by atoms with Crippen LogP contribution in [0.2, 0.25) is 0 Å². The van der Waals surface area contributed by atoms with Crippen LogP contribution in [0.15, 0.2) is 172 Å². The third-order valence-corrected chi connectivity index (χ3v) is 11.9. The highest BCUT2D eigenvalue weighted by molar-refractivity contribution is 6.05. The monoisotopic (exact) mass is 861 g/mol. The SMILES string of the molecule is C=Cc1c(C=C)c(-c2cccc(Cn3c(-c4ccccc4C)nc(C(=C)/C=C\C=C/C)c3C)c2)c2ccccc2c1C/C=C\C(=C/C)c1nc(/C=C\C)c(C=C)c2ncc(/C=C\C=C/C)n12. The van der Waals surface area contributed by atoms with Crippen LogP contribution in [0, 0.1) is 13.8 Å². The largest absolute Gasteiger partial charge is 0.323 e. The predicted octanol–water partition coefficient (Wildman–Crippen LogP) is 16.0. The summed E-state index contributed by atoms with van der Waals surface area (Å²) >= 11 is 0. The Kier molecular flexibility index (Phi) is 14.8. The van der Waals surface area contributed by atoms with E-state index in [1.165, 1.54) is 16.5 Å². The van der Waals surface area contributed by atoms with Crippen LogP contribution in [0.3, 0.4) is 0 Å². The van der Waals surface area contributed by atoms with Gasteiger partial charge in [0, 0.05) is 28.9 Å². The van der Waals surface area contributed by atoms with Gasteiger partial charge in [-0.3, -0.25) is 4.40 Å². The number of hydrogen-bond donors (Lipinski definition) is 0. The normalized spacial score (nSPS) is 12.5. The summed E-state index contributed by atoms with van der Waals surface area (Å²) < 4.78 is 4.44. The minimum atomic E-state index is 0.633. The molecule has 5 nitrogen and oxygen atoms in total. The average Bonchev–Trinajstić information content (AvgIpc) is 3.90. The fourth-order valence-corrected chi connectivity index (χ4v) is 8.74. The van der Waals surface area contributed by atoms with E-state index in [1.54, 1.807) is 0 Å². The molecule has 66 heavy (non-hydrogen) atoms. The lowest BCUT2D eigenvalue weighted by Gasteiger charge is -2.20. The topological polar surface area (TPSA) is 48.0 Å². The molecule has 3 heterocycles. The number of aryl methyl sites for hydroxylation is 1. The van der Waals surface area contributed by atoms with Crippen molar-refractivity contribution >= 4 is 57.9 Å². The molecule has 0 aliphatic rings. The molecular weight excluding hydrogens is 803 g/mol. The Bertz CT molecular complexity index is 3220. The Morgan fingerprint density at radius 3 is 2.15 bits per heavy atom. The molecule has 328 valence electrons. The minimum Gasteiger partial charge on any atom is -0.323 e. The van der Waals surface area contributed by atoms with Crippen molar-refractivity contribution in [1.29, 1.82) is 0 Å². The molecule has 0 unspecified atom stereocenters. The van der Waals surface area contributed by atoms with Crippen LogP contribution >= 0.6 is 0 Å². The second kappa shape index (κ2) is 21.2. The molecule has 0 saturated carbocycles. The summed E-state index contributed by atoms with van der Waals surface area (Å²) in [5.74, 6) is 1.73. The van der Waals surface area contributed by atoms with Crippen molar-refractivity contribution in [2.75, 3.05) is 0 Å². The highest BCUT2D eigenvalue weighted by Crippen LogP contribution is 2.40. The van der Waals surface area contributed by atoms with Gasteiger partial charge in [0.1, 0.15) is 17.3 Å². The van der Waals surface area contributed by atoms with Crippen molar-refractivity contribution in [2.45, 2.75) is 54.5 Å². The summed E-state index contributed by atoms with van der Waals surface area (Å²) in [7, 11) is 0. The molecule has 0 bridgehead atoms. The fraction of sp³-hybridized carbons (Fsp3) is 0.131. The van der Waals surface area contributed by atoms with Gasteiger partial charge < -0.3 is 4.57 Å². The third-order valence-electron chi connectivity index (χ3n) is 11.9. The summed E-state index contributed by atoms with van der Waals surface area (Å²) in [6, 6.07) is 26.0. The zero-order valence-electron chi connectivity index (χ0n) is 39.2. The highest BCUT2D eigenvalue weighted by atomic mass is 15.1. The van der Waals surface area contributed by atoms with Gasteiger partial charge in [-0.15, -0.1) is 0 Å². The Labute approximate surface area is 391 Å². The van der Waals surface area contributed by atoms with E-state index in [2.05, 4.69) is 153 Å². The van der Waals surface area contributed by atoms with Gasteiger partial charge in [-0.25, -0.2) is 15.0 Å². The van der Waals surface area contributed by atoms with E-state index in [-0.39, 0.29) is 0 Å². The summed E-state index contributed by atoms with van der Waals surface area (Å²) in [4.78, 5) is 15.3. The van der Waals surface area contributed by atoms with Gasteiger partial charge in [0.2, 0.25) is 0 Å². The smallest absolute Gasteiger partial charge is 0.148 e. The van der Waals surface area contributed by atoms with Crippen LogP contribution in [-0.2, 0) is 13.0 Å². The fourth-order valence-electron chi connectivity index (χ4n) is 8.74. The van der Waals surface area contributed by atoms with Crippen molar-refractivity contribution in [3.63, 3.8) is 0 Å². The number of allylic oxidation sites excluding steroid dienone is 13. The zero-order valence-corrected chi connectivity index (χ0v) is 39.2. The van der Waals surface area contributed by atoms with Gasteiger partial charge in [-0.05, 0) is 121 Å². The Balaban J connectivity index is 1.31. The second-order valence-corrected chi connectivity index (χ2v) is 16.0. The maximum absolute atomic E-state index is 5.24. The Hall–Kier alpha value is -7.89. The zero-order chi connectivity index (χ0) is 46.7. The molecule has 4 aromatic carbocycles. The molecule has 0 radical (unpaired) electrons. The summed E-state index contributed by atoms with van der Waals surface area (Å²) in [5.41, 5.74) is 16.2. The van der Waals surface area contributed by atoms with E-state index in [9.17, 15) is 0 Å². The van der Waals surface area contributed by atoms with Crippen molar-refractivity contribution in [1.82, 2.24) is 23.9 Å². The van der Waals surface area contributed by atoms with E-state index >= 15 is 0 Å². The molecule has 0 atom stereocenters. The van der Waals surface area contributed by atoms with E-state index in [1.807, 2.05) is 99.9 Å². The maximum atomic E-state index is 5.24. The lowest BCUT2D eigenvalue weighted by molar-refractivity contribution is 0.778. The number of hydrogen-bond acceptors (Lipinski definition) is 3. The van der Waals surface area contributed by atoms with Gasteiger partial charge in [-0.2, -0.15) is 0 Å². The lowest BCUT2D eigenvalue weighted by Crippen LogP contribution is -2.06. The predicted molar refractivity (Wildman–Crippen MR) is 287 cm³/mol. The summed E-state index contributed by atoms with van der Waals surface area (Å²) in [5, 5.41) is 2.33. The molecule has 0 saturated heterocycles. The number of imidazole rings is 2. The molecule has 7 rings (SSSR count). The van der Waals surface area contributed by atoms with Crippen LogP contribution < -0.4 is 0 Å².